The number of aryl methyl sites for hydroxylation is 2. The van der Waals surface area contributed by atoms with Crippen molar-refractivity contribution in [3.8, 4) is 11.5 Å². The van der Waals surface area contributed by atoms with Gasteiger partial charge in [0, 0.05) is 10.0 Å². The Morgan fingerprint density at radius 1 is 1.04 bits per heavy atom. The maximum atomic E-state index is 12.0. The Hall–Kier alpha value is -2.54. The lowest BCUT2D eigenvalue weighted by Gasteiger charge is -2.13. The summed E-state index contributed by atoms with van der Waals surface area (Å²) in [6.07, 6.45) is 0. The molecule has 7 heteroatoms. The van der Waals surface area contributed by atoms with E-state index in [9.17, 15) is 9.59 Å². The highest BCUT2D eigenvalue weighted by atomic mass is 79.9. The third-order valence-electron chi connectivity index (χ3n) is 3.44. The van der Waals surface area contributed by atoms with E-state index in [4.69, 9.17) is 9.47 Å². The van der Waals surface area contributed by atoms with Crippen molar-refractivity contribution < 1.29 is 19.1 Å². The van der Waals surface area contributed by atoms with Crippen LogP contribution >= 0.6 is 15.9 Å². The molecule has 0 spiro atoms. The number of carbonyl (C=O) groups excluding carboxylic acids is 2. The predicted molar refractivity (Wildman–Crippen MR) is 97.7 cm³/mol. The second kappa shape index (κ2) is 8.53. The minimum atomic E-state index is -0.455. The minimum absolute atomic E-state index is 0.202. The molecule has 0 saturated carbocycles. The molecule has 0 fully saturated rings. The lowest BCUT2D eigenvalue weighted by molar-refractivity contribution is -0.123. The maximum absolute atomic E-state index is 12.0. The molecule has 0 saturated heterocycles. The van der Waals surface area contributed by atoms with Crippen LogP contribution in [0.15, 0.2) is 40.9 Å². The Labute approximate surface area is 154 Å². The van der Waals surface area contributed by atoms with Crippen LogP contribution in [0.4, 0.5) is 0 Å². The number of amides is 2. The normalized spacial score (nSPS) is 10.1. The molecule has 0 aliphatic carbocycles. The molecule has 25 heavy (non-hydrogen) atoms. The van der Waals surface area contributed by atoms with E-state index in [1.165, 1.54) is 0 Å². The molecule has 132 valence electrons. The summed E-state index contributed by atoms with van der Waals surface area (Å²) in [5.41, 5.74) is 6.91. The summed E-state index contributed by atoms with van der Waals surface area (Å²) < 4.78 is 11.5. The first kappa shape index (κ1) is 18.8. The van der Waals surface area contributed by atoms with Gasteiger partial charge in [0.2, 0.25) is 0 Å². The third kappa shape index (κ3) is 5.22. The molecule has 0 atom stereocenters. The Balaban J connectivity index is 1.85. The van der Waals surface area contributed by atoms with Crippen molar-refractivity contribution in [1.29, 1.82) is 0 Å². The Bertz CT molecular complexity index is 752. The average Bonchev–Trinajstić information content (AvgIpc) is 2.58. The summed E-state index contributed by atoms with van der Waals surface area (Å²) >= 11 is 3.41. The smallest absolute Gasteiger partial charge is 0.276 e. The fourth-order valence-electron chi connectivity index (χ4n) is 2.24. The standard InChI is InChI=1S/C18H19BrN2O4/c1-11-8-14(19)9-12(2)17(11)25-10-16(22)20-21-18(23)13-4-6-15(24-3)7-5-13/h4-9H,10H2,1-3H3,(H,20,22)(H,21,23). The number of rotatable bonds is 5. The first-order valence-electron chi connectivity index (χ1n) is 7.53. The first-order valence-corrected chi connectivity index (χ1v) is 8.33. The number of benzene rings is 2. The predicted octanol–water partition coefficient (Wildman–Crippen LogP) is 2.91. The molecule has 2 aromatic carbocycles. The van der Waals surface area contributed by atoms with E-state index < -0.39 is 11.8 Å². The molecule has 0 unspecified atom stereocenters. The summed E-state index contributed by atoms with van der Waals surface area (Å²) in [6.45, 7) is 3.60. The van der Waals surface area contributed by atoms with E-state index in [0.29, 0.717) is 17.1 Å². The van der Waals surface area contributed by atoms with Crippen molar-refractivity contribution >= 4 is 27.7 Å². The molecule has 0 heterocycles. The van der Waals surface area contributed by atoms with Crippen LogP contribution in [0.25, 0.3) is 0 Å². The van der Waals surface area contributed by atoms with Crippen molar-refractivity contribution in [2.45, 2.75) is 13.8 Å². The highest BCUT2D eigenvalue weighted by molar-refractivity contribution is 9.10. The number of hydrazine groups is 1. The number of hydrogen-bond acceptors (Lipinski definition) is 4. The van der Waals surface area contributed by atoms with E-state index in [-0.39, 0.29) is 6.61 Å². The zero-order valence-electron chi connectivity index (χ0n) is 14.2. The molecule has 2 amide bonds. The fraction of sp³-hybridized carbons (Fsp3) is 0.222. The summed E-state index contributed by atoms with van der Waals surface area (Å²) in [4.78, 5) is 23.8. The van der Waals surface area contributed by atoms with Gasteiger partial charge in [-0.25, -0.2) is 0 Å². The van der Waals surface area contributed by atoms with Gasteiger partial charge in [0.15, 0.2) is 6.61 Å². The van der Waals surface area contributed by atoms with Gasteiger partial charge in [0.25, 0.3) is 11.8 Å². The van der Waals surface area contributed by atoms with Crippen LogP contribution in [0.5, 0.6) is 11.5 Å². The SMILES string of the molecule is COc1ccc(C(=O)NNC(=O)COc2c(C)cc(Br)cc2C)cc1. The van der Waals surface area contributed by atoms with Gasteiger partial charge in [-0.2, -0.15) is 0 Å². The second-order valence-electron chi connectivity index (χ2n) is 5.39. The van der Waals surface area contributed by atoms with Gasteiger partial charge in [0.1, 0.15) is 11.5 Å². The highest BCUT2D eigenvalue weighted by Gasteiger charge is 2.10. The lowest BCUT2D eigenvalue weighted by Crippen LogP contribution is -2.43. The van der Waals surface area contributed by atoms with Crippen LogP contribution in [0.2, 0.25) is 0 Å². The molecule has 0 radical (unpaired) electrons. The zero-order chi connectivity index (χ0) is 18.4. The number of ether oxygens (including phenoxy) is 2. The molecule has 2 aromatic rings. The van der Waals surface area contributed by atoms with Gasteiger partial charge in [-0.3, -0.25) is 20.4 Å². The van der Waals surface area contributed by atoms with Crippen LogP contribution in [0, 0.1) is 13.8 Å². The number of carbonyl (C=O) groups is 2. The Morgan fingerprint density at radius 2 is 1.64 bits per heavy atom. The lowest BCUT2D eigenvalue weighted by atomic mass is 10.1. The Kier molecular flexibility index (Phi) is 6.41. The van der Waals surface area contributed by atoms with Gasteiger partial charge in [-0.15, -0.1) is 0 Å². The van der Waals surface area contributed by atoms with Crippen LogP contribution in [-0.2, 0) is 4.79 Å². The summed E-state index contributed by atoms with van der Waals surface area (Å²) in [5, 5.41) is 0. The van der Waals surface area contributed by atoms with E-state index in [2.05, 4.69) is 26.8 Å². The minimum Gasteiger partial charge on any atom is -0.497 e. The number of hydrogen-bond donors (Lipinski definition) is 2. The fourth-order valence-corrected chi connectivity index (χ4v) is 2.93. The van der Waals surface area contributed by atoms with Gasteiger partial charge < -0.3 is 9.47 Å². The summed E-state index contributed by atoms with van der Waals surface area (Å²) in [5.74, 6) is 0.421. The van der Waals surface area contributed by atoms with Crippen LogP contribution in [-0.4, -0.2) is 25.5 Å². The number of halogens is 1. The first-order chi connectivity index (χ1) is 11.9. The van der Waals surface area contributed by atoms with Crippen LogP contribution < -0.4 is 20.3 Å². The zero-order valence-corrected chi connectivity index (χ0v) is 15.8. The largest absolute Gasteiger partial charge is 0.497 e. The van der Waals surface area contributed by atoms with E-state index in [1.807, 2.05) is 26.0 Å². The molecule has 2 N–H and O–H groups in total. The quantitative estimate of drug-likeness (QED) is 0.748. The van der Waals surface area contributed by atoms with E-state index >= 15 is 0 Å². The van der Waals surface area contributed by atoms with Gasteiger partial charge in [0.05, 0.1) is 7.11 Å². The molecule has 0 aliphatic heterocycles. The van der Waals surface area contributed by atoms with Crippen molar-refractivity contribution in [1.82, 2.24) is 10.9 Å². The van der Waals surface area contributed by atoms with Crippen LogP contribution in [0.1, 0.15) is 21.5 Å². The molecule has 2 rings (SSSR count). The number of methoxy groups -OCH3 is 1. The molecular formula is C18H19BrN2O4. The molecular weight excluding hydrogens is 388 g/mol. The van der Waals surface area contributed by atoms with Crippen molar-refractivity contribution in [3.63, 3.8) is 0 Å². The molecule has 0 aliphatic rings. The summed E-state index contributed by atoms with van der Waals surface area (Å²) in [6, 6.07) is 10.4. The van der Waals surface area contributed by atoms with E-state index in [1.54, 1.807) is 31.4 Å². The molecule has 0 aromatic heterocycles. The van der Waals surface area contributed by atoms with Gasteiger partial charge >= 0.3 is 0 Å². The topological polar surface area (TPSA) is 76.7 Å². The second-order valence-corrected chi connectivity index (χ2v) is 6.30. The third-order valence-corrected chi connectivity index (χ3v) is 3.90. The highest BCUT2D eigenvalue weighted by Crippen LogP contribution is 2.27. The molecule has 6 nitrogen and oxygen atoms in total. The van der Waals surface area contributed by atoms with E-state index in [0.717, 1.165) is 15.6 Å². The summed E-state index contributed by atoms with van der Waals surface area (Å²) in [7, 11) is 1.55. The van der Waals surface area contributed by atoms with Crippen LogP contribution in [0.3, 0.4) is 0 Å². The average molecular weight is 407 g/mol. The monoisotopic (exact) mass is 406 g/mol. The van der Waals surface area contributed by atoms with Crippen molar-refractivity contribution in [2.24, 2.45) is 0 Å². The van der Waals surface area contributed by atoms with Crippen molar-refractivity contribution in [3.05, 3.63) is 57.6 Å². The number of nitrogens with one attached hydrogen (secondary N) is 2. The maximum Gasteiger partial charge on any atom is 0.276 e. The van der Waals surface area contributed by atoms with Gasteiger partial charge in [-0.05, 0) is 61.4 Å². The Morgan fingerprint density at radius 3 is 2.20 bits per heavy atom. The van der Waals surface area contributed by atoms with Gasteiger partial charge in [-0.1, -0.05) is 15.9 Å². The molecule has 0 bridgehead atoms. The van der Waals surface area contributed by atoms with Crippen molar-refractivity contribution in [2.75, 3.05) is 13.7 Å².